The molecule has 0 bridgehead atoms. The third-order valence-electron chi connectivity index (χ3n) is 9.87. The summed E-state index contributed by atoms with van der Waals surface area (Å²) in [5, 5.41) is 2.27. The summed E-state index contributed by atoms with van der Waals surface area (Å²) in [4.78, 5) is 2.42. The van der Waals surface area contributed by atoms with Crippen molar-refractivity contribution < 1.29 is 4.42 Å². The number of hydrogen-bond donors (Lipinski definition) is 0. The van der Waals surface area contributed by atoms with Crippen LogP contribution >= 0.6 is 0 Å². The van der Waals surface area contributed by atoms with E-state index in [1.54, 1.807) is 0 Å². The number of hydrogen-bond acceptors (Lipinski definition) is 2. The first-order valence-electron chi connectivity index (χ1n) is 15.5. The van der Waals surface area contributed by atoms with Crippen molar-refractivity contribution in [2.24, 2.45) is 0 Å². The van der Waals surface area contributed by atoms with Crippen molar-refractivity contribution in [2.45, 2.75) is 5.41 Å². The maximum atomic E-state index is 6.42. The molecule has 0 saturated heterocycles. The van der Waals surface area contributed by atoms with Crippen LogP contribution in [0.4, 0.5) is 17.1 Å². The molecule has 45 heavy (non-hydrogen) atoms. The Bertz CT molecular complexity index is 2390. The van der Waals surface area contributed by atoms with Crippen LogP contribution in [-0.2, 0) is 5.41 Å². The lowest BCUT2D eigenvalue weighted by Crippen LogP contribution is -2.28. The lowest BCUT2D eigenvalue weighted by atomic mass is 9.70. The molecule has 0 unspecified atom stereocenters. The van der Waals surface area contributed by atoms with E-state index in [9.17, 15) is 0 Å². The van der Waals surface area contributed by atoms with Gasteiger partial charge in [-0.3, -0.25) is 0 Å². The van der Waals surface area contributed by atoms with E-state index in [0.717, 1.165) is 39.0 Å². The first-order valence-corrected chi connectivity index (χ1v) is 15.5. The monoisotopic (exact) mass is 573 g/mol. The molecule has 7 aromatic carbocycles. The maximum Gasteiger partial charge on any atom is 0.137 e. The second-order valence-corrected chi connectivity index (χ2v) is 12.0. The molecular weight excluding hydrogens is 546 g/mol. The van der Waals surface area contributed by atoms with E-state index >= 15 is 0 Å². The molecule has 2 aliphatic rings. The van der Waals surface area contributed by atoms with Crippen molar-refractivity contribution in [2.75, 3.05) is 4.90 Å². The van der Waals surface area contributed by atoms with Gasteiger partial charge in [-0.05, 0) is 75.3 Å². The van der Waals surface area contributed by atoms with Gasteiger partial charge < -0.3 is 9.32 Å². The second kappa shape index (κ2) is 9.07. The molecular formula is C43H27NO. The lowest BCUT2D eigenvalue weighted by Gasteiger charge is -2.35. The Hall–Kier alpha value is -5.86. The summed E-state index contributed by atoms with van der Waals surface area (Å²) in [5.41, 5.74) is 15.2. The zero-order chi connectivity index (χ0) is 29.5. The predicted octanol–water partition coefficient (Wildman–Crippen LogP) is 11.4. The third kappa shape index (κ3) is 3.18. The Kier molecular flexibility index (Phi) is 4.95. The van der Waals surface area contributed by atoms with Gasteiger partial charge in [0.05, 0.1) is 11.1 Å². The quantitative estimate of drug-likeness (QED) is 0.209. The fraction of sp³-hybridized carbons (Fsp3) is 0.0233. The Morgan fingerprint density at radius 3 is 1.67 bits per heavy atom. The van der Waals surface area contributed by atoms with Crippen LogP contribution in [0.1, 0.15) is 22.3 Å². The number of benzene rings is 7. The van der Waals surface area contributed by atoms with E-state index < -0.39 is 5.41 Å². The van der Waals surface area contributed by atoms with E-state index in [1.165, 1.54) is 44.5 Å². The van der Waals surface area contributed by atoms with E-state index in [2.05, 4.69) is 157 Å². The Morgan fingerprint density at radius 1 is 0.400 bits per heavy atom. The summed E-state index contributed by atoms with van der Waals surface area (Å²) in [5.74, 6) is 0. The lowest BCUT2D eigenvalue weighted by molar-refractivity contribution is 0.669. The standard InChI is InChI=1S/C43H27NO/c1-2-13-28(14-3-1)44(29-25-26-34-33-18-7-11-24-40(33)45-41(34)27-29)39-23-12-19-35-32-17-6-10-22-38(32)43(42(35)39)36-20-8-4-15-30(36)31-16-5-9-21-37(31)43/h1-27H. The first-order chi connectivity index (χ1) is 22.3. The molecule has 2 aliphatic carbocycles. The van der Waals surface area contributed by atoms with Crippen LogP contribution in [0, 0.1) is 0 Å². The average molecular weight is 574 g/mol. The van der Waals surface area contributed by atoms with E-state index in [-0.39, 0.29) is 0 Å². The molecule has 1 heterocycles. The smallest absolute Gasteiger partial charge is 0.137 e. The van der Waals surface area contributed by atoms with Crippen LogP contribution in [0.25, 0.3) is 44.2 Å². The van der Waals surface area contributed by atoms with Crippen molar-refractivity contribution in [1.82, 2.24) is 0 Å². The van der Waals surface area contributed by atoms with E-state index in [0.29, 0.717) is 0 Å². The summed E-state index contributed by atoms with van der Waals surface area (Å²) in [6.45, 7) is 0. The average Bonchev–Trinajstić information content (AvgIpc) is 3.73. The molecule has 8 aromatic rings. The normalized spacial score (nSPS) is 13.5. The Morgan fingerprint density at radius 2 is 0.956 bits per heavy atom. The van der Waals surface area contributed by atoms with Gasteiger partial charge in [0.2, 0.25) is 0 Å². The topological polar surface area (TPSA) is 16.4 Å². The molecule has 210 valence electrons. The van der Waals surface area contributed by atoms with Crippen molar-refractivity contribution in [3.63, 3.8) is 0 Å². The van der Waals surface area contributed by atoms with Gasteiger partial charge in [0, 0.05) is 33.8 Å². The molecule has 0 saturated carbocycles. The zero-order valence-electron chi connectivity index (χ0n) is 24.4. The van der Waals surface area contributed by atoms with Crippen molar-refractivity contribution in [3.05, 3.63) is 186 Å². The predicted molar refractivity (Wildman–Crippen MR) is 185 cm³/mol. The van der Waals surface area contributed by atoms with Gasteiger partial charge in [-0.2, -0.15) is 0 Å². The summed E-state index contributed by atoms with van der Waals surface area (Å²) in [7, 11) is 0. The number of anilines is 3. The molecule has 10 rings (SSSR count). The van der Waals surface area contributed by atoms with Gasteiger partial charge in [0.25, 0.3) is 0 Å². The molecule has 1 aromatic heterocycles. The van der Waals surface area contributed by atoms with Crippen LogP contribution in [0.3, 0.4) is 0 Å². The van der Waals surface area contributed by atoms with Crippen LogP contribution in [0.15, 0.2) is 168 Å². The van der Waals surface area contributed by atoms with Gasteiger partial charge in [0.1, 0.15) is 11.2 Å². The fourth-order valence-corrected chi connectivity index (χ4v) is 8.18. The number of nitrogens with zero attached hydrogens (tertiary/aromatic N) is 1. The van der Waals surface area contributed by atoms with Crippen LogP contribution in [0.2, 0.25) is 0 Å². The van der Waals surface area contributed by atoms with Crippen molar-refractivity contribution in [3.8, 4) is 22.3 Å². The SMILES string of the molecule is c1ccc(N(c2ccc3c(c2)oc2ccccc23)c2cccc3c2C2(c4ccccc4-c4ccccc42)c2ccccc2-3)cc1. The minimum atomic E-state index is -0.452. The summed E-state index contributed by atoms with van der Waals surface area (Å²) in [6, 6.07) is 59.5. The van der Waals surface area contributed by atoms with Crippen LogP contribution < -0.4 is 4.90 Å². The Balaban J connectivity index is 1.32. The number of para-hydroxylation sites is 2. The largest absolute Gasteiger partial charge is 0.456 e. The molecule has 0 N–H and O–H groups in total. The number of furan rings is 1. The van der Waals surface area contributed by atoms with Gasteiger partial charge in [-0.1, -0.05) is 121 Å². The fourth-order valence-electron chi connectivity index (χ4n) is 8.18. The molecule has 0 radical (unpaired) electrons. The minimum absolute atomic E-state index is 0.452. The highest BCUT2D eigenvalue weighted by Gasteiger charge is 2.53. The van der Waals surface area contributed by atoms with E-state index in [1.807, 2.05) is 12.1 Å². The van der Waals surface area contributed by atoms with Gasteiger partial charge in [0.15, 0.2) is 0 Å². The number of fused-ring (bicyclic) bond motifs is 13. The van der Waals surface area contributed by atoms with Crippen molar-refractivity contribution in [1.29, 1.82) is 0 Å². The van der Waals surface area contributed by atoms with Gasteiger partial charge >= 0.3 is 0 Å². The summed E-state index contributed by atoms with van der Waals surface area (Å²) >= 11 is 0. The van der Waals surface area contributed by atoms with Crippen LogP contribution in [-0.4, -0.2) is 0 Å². The maximum absolute atomic E-state index is 6.42. The number of rotatable bonds is 3. The Labute approximate surface area is 261 Å². The second-order valence-electron chi connectivity index (χ2n) is 12.0. The molecule has 2 heteroatoms. The van der Waals surface area contributed by atoms with Crippen LogP contribution in [0.5, 0.6) is 0 Å². The summed E-state index contributed by atoms with van der Waals surface area (Å²) in [6.07, 6.45) is 0. The highest BCUT2D eigenvalue weighted by molar-refractivity contribution is 6.06. The zero-order valence-corrected chi connectivity index (χ0v) is 24.4. The minimum Gasteiger partial charge on any atom is -0.456 e. The first kappa shape index (κ1) is 24.6. The molecule has 0 amide bonds. The highest BCUT2D eigenvalue weighted by atomic mass is 16.3. The van der Waals surface area contributed by atoms with Gasteiger partial charge in [-0.15, -0.1) is 0 Å². The van der Waals surface area contributed by atoms with E-state index in [4.69, 9.17) is 4.42 Å². The molecule has 2 nitrogen and oxygen atoms in total. The summed E-state index contributed by atoms with van der Waals surface area (Å²) < 4.78 is 6.42. The molecule has 0 aliphatic heterocycles. The van der Waals surface area contributed by atoms with Crippen molar-refractivity contribution >= 4 is 39.0 Å². The third-order valence-corrected chi connectivity index (χ3v) is 9.87. The molecule has 1 spiro atoms. The molecule has 0 atom stereocenters. The van der Waals surface area contributed by atoms with Gasteiger partial charge in [-0.25, -0.2) is 0 Å². The highest BCUT2D eigenvalue weighted by Crippen LogP contribution is 2.65. The molecule has 0 fully saturated rings.